The second kappa shape index (κ2) is 8.22. The number of ether oxygens (including phenoxy) is 1. The molecule has 1 aliphatic carbocycles. The molecule has 1 saturated carbocycles. The quantitative estimate of drug-likeness (QED) is 0.183. The first-order valence-corrected chi connectivity index (χ1v) is 14.1. The van der Waals surface area contributed by atoms with Crippen molar-refractivity contribution in [3.8, 4) is 0 Å². The Morgan fingerprint density at radius 1 is 1.36 bits per heavy atom. The SMILES string of the molecule is CCc1nc2c(SC)nc3c(F)c(Br)c(I)cc3c2n1C1C2CC1N(C(=O)OC(C)(C)C)C2. The van der Waals surface area contributed by atoms with Gasteiger partial charge in [0.25, 0.3) is 0 Å². The van der Waals surface area contributed by atoms with E-state index in [4.69, 9.17) is 9.72 Å². The summed E-state index contributed by atoms with van der Waals surface area (Å²) in [6, 6.07) is 2.13. The van der Waals surface area contributed by atoms with Crippen LogP contribution in [-0.4, -0.2) is 50.0 Å². The molecule has 3 atom stereocenters. The van der Waals surface area contributed by atoms with Gasteiger partial charge in [-0.15, -0.1) is 11.8 Å². The highest BCUT2D eigenvalue weighted by Gasteiger charge is 2.56. The van der Waals surface area contributed by atoms with Crippen molar-refractivity contribution in [2.45, 2.75) is 63.2 Å². The number of aromatic nitrogens is 3. The van der Waals surface area contributed by atoms with Crippen LogP contribution >= 0.6 is 50.3 Å². The highest BCUT2D eigenvalue weighted by molar-refractivity contribution is 14.1. The molecule has 3 fully saturated rings. The second-order valence-corrected chi connectivity index (χ2v) is 12.4. The Morgan fingerprint density at radius 3 is 2.73 bits per heavy atom. The molecule has 33 heavy (non-hydrogen) atoms. The monoisotopic (exact) mass is 646 g/mol. The number of pyridine rings is 1. The first-order chi connectivity index (χ1) is 15.6. The van der Waals surface area contributed by atoms with E-state index < -0.39 is 5.60 Å². The zero-order valence-corrected chi connectivity index (χ0v) is 23.6. The number of carbonyl (C=O) groups is 1. The predicted molar refractivity (Wildman–Crippen MR) is 140 cm³/mol. The standard InChI is InChI=1S/C23H25BrFIN4O2S/c1-6-14-27-18-20(11-8-12(26)15(24)16(25)17(11)28-21(18)33-5)30(14)19-10-7-13(19)29(9-10)22(31)32-23(2,3)4/h8,10,13,19H,6-7,9H2,1-5H3. The van der Waals surface area contributed by atoms with Crippen molar-refractivity contribution >= 4 is 78.3 Å². The van der Waals surface area contributed by atoms with Crippen LogP contribution < -0.4 is 0 Å². The lowest BCUT2D eigenvalue weighted by Gasteiger charge is -2.39. The summed E-state index contributed by atoms with van der Waals surface area (Å²) in [5, 5.41) is 1.48. The van der Waals surface area contributed by atoms with Crippen LogP contribution in [0.1, 0.15) is 46.0 Å². The summed E-state index contributed by atoms with van der Waals surface area (Å²) >= 11 is 6.99. The fourth-order valence-electron chi connectivity index (χ4n) is 5.13. The molecule has 6 rings (SSSR count). The van der Waals surface area contributed by atoms with E-state index in [1.54, 1.807) is 0 Å². The van der Waals surface area contributed by atoms with Crippen molar-refractivity contribution in [1.82, 2.24) is 19.4 Å². The van der Waals surface area contributed by atoms with E-state index in [-0.39, 0.29) is 24.0 Å². The van der Waals surface area contributed by atoms with Gasteiger partial charge in [0.1, 0.15) is 27.5 Å². The van der Waals surface area contributed by atoms with Gasteiger partial charge in [0.05, 0.1) is 22.1 Å². The van der Waals surface area contributed by atoms with Crippen LogP contribution in [0.3, 0.4) is 0 Å². The topological polar surface area (TPSA) is 60.2 Å². The summed E-state index contributed by atoms with van der Waals surface area (Å²) in [6.07, 6.45) is 3.36. The van der Waals surface area contributed by atoms with Crippen molar-refractivity contribution in [2.24, 2.45) is 5.92 Å². The number of hydrogen-bond acceptors (Lipinski definition) is 5. The Morgan fingerprint density at radius 2 is 2.09 bits per heavy atom. The van der Waals surface area contributed by atoms with E-state index in [9.17, 15) is 4.79 Å². The van der Waals surface area contributed by atoms with Crippen LogP contribution in [0.5, 0.6) is 0 Å². The Bertz CT molecular complexity index is 1310. The molecule has 0 radical (unpaired) electrons. The molecule has 4 heterocycles. The number of aryl methyl sites for hydroxylation is 1. The van der Waals surface area contributed by atoms with Crippen molar-refractivity contribution in [3.63, 3.8) is 0 Å². The fourth-order valence-corrected chi connectivity index (χ4v) is 6.50. The number of amides is 1. The number of halogens is 3. The van der Waals surface area contributed by atoms with E-state index in [2.05, 4.69) is 55.0 Å². The Hall–Kier alpha value is -1.14. The molecule has 3 unspecified atom stereocenters. The lowest BCUT2D eigenvalue weighted by atomic mass is 9.79. The minimum Gasteiger partial charge on any atom is -0.444 e. The Labute approximate surface area is 218 Å². The van der Waals surface area contributed by atoms with Crippen molar-refractivity contribution in [1.29, 1.82) is 0 Å². The Balaban J connectivity index is 1.70. The third-order valence-corrected chi connectivity index (χ3v) is 9.52. The van der Waals surface area contributed by atoms with Gasteiger partial charge in [-0.2, -0.15) is 0 Å². The molecule has 0 spiro atoms. The van der Waals surface area contributed by atoms with Gasteiger partial charge in [0.2, 0.25) is 0 Å². The number of benzene rings is 1. The van der Waals surface area contributed by atoms with Crippen LogP contribution in [0.25, 0.3) is 21.9 Å². The molecular formula is C23H25BrFIN4O2S. The van der Waals surface area contributed by atoms with E-state index in [0.29, 0.717) is 27.5 Å². The van der Waals surface area contributed by atoms with Crippen LogP contribution in [-0.2, 0) is 11.2 Å². The third kappa shape index (κ3) is 3.65. The van der Waals surface area contributed by atoms with E-state index in [1.165, 1.54) is 11.8 Å². The maximum absolute atomic E-state index is 15.3. The van der Waals surface area contributed by atoms with Crippen LogP contribution in [0.2, 0.25) is 0 Å². The van der Waals surface area contributed by atoms with Crippen LogP contribution in [0, 0.1) is 15.3 Å². The number of imidazole rings is 1. The first kappa shape index (κ1) is 23.6. The largest absolute Gasteiger partial charge is 0.444 e. The van der Waals surface area contributed by atoms with Gasteiger partial charge in [0.15, 0.2) is 5.82 Å². The number of nitrogens with zero attached hydrogens (tertiary/aromatic N) is 4. The molecular weight excluding hydrogens is 622 g/mol. The maximum Gasteiger partial charge on any atom is 0.410 e. The molecule has 2 bridgehead atoms. The van der Waals surface area contributed by atoms with Gasteiger partial charge >= 0.3 is 6.09 Å². The normalized spacial score (nSPS) is 22.3. The molecule has 2 aliphatic heterocycles. The summed E-state index contributed by atoms with van der Waals surface area (Å²) in [6.45, 7) is 8.42. The number of hydrogen-bond donors (Lipinski definition) is 0. The maximum atomic E-state index is 15.3. The highest BCUT2D eigenvalue weighted by atomic mass is 127. The molecule has 3 aromatic rings. The zero-order chi connectivity index (χ0) is 23.8. The van der Waals surface area contributed by atoms with Crippen LogP contribution in [0.15, 0.2) is 15.6 Å². The first-order valence-electron chi connectivity index (χ1n) is 11.0. The van der Waals surface area contributed by atoms with Crippen molar-refractivity contribution in [3.05, 3.63) is 25.8 Å². The molecule has 6 nitrogen and oxygen atoms in total. The third-order valence-electron chi connectivity index (χ3n) is 6.48. The highest BCUT2D eigenvalue weighted by Crippen LogP contribution is 2.52. The fraction of sp³-hybridized carbons (Fsp3) is 0.522. The molecule has 1 amide bonds. The minimum atomic E-state index is -0.535. The molecule has 0 N–H and O–H groups in total. The molecule has 1 aromatic carbocycles. The summed E-state index contributed by atoms with van der Waals surface area (Å²) in [7, 11) is 0. The summed E-state index contributed by atoms with van der Waals surface area (Å²) in [4.78, 5) is 24.4. The van der Waals surface area contributed by atoms with Crippen LogP contribution in [0.4, 0.5) is 9.18 Å². The molecule has 10 heteroatoms. The zero-order valence-electron chi connectivity index (χ0n) is 19.1. The predicted octanol–water partition coefficient (Wildman–Crippen LogP) is 6.56. The van der Waals surface area contributed by atoms with E-state index >= 15 is 4.39 Å². The summed E-state index contributed by atoms with van der Waals surface area (Å²) < 4.78 is 24.4. The van der Waals surface area contributed by atoms with Gasteiger partial charge in [0, 0.05) is 27.8 Å². The van der Waals surface area contributed by atoms with Gasteiger partial charge in [-0.3, -0.25) is 0 Å². The van der Waals surface area contributed by atoms with Crippen molar-refractivity contribution < 1.29 is 13.9 Å². The van der Waals surface area contributed by atoms with Gasteiger partial charge in [-0.05, 0) is 78.0 Å². The van der Waals surface area contributed by atoms with Gasteiger partial charge in [-0.25, -0.2) is 19.2 Å². The number of carbonyl (C=O) groups excluding carboxylic acids is 1. The minimum absolute atomic E-state index is 0.0489. The summed E-state index contributed by atoms with van der Waals surface area (Å²) in [5.41, 5.74) is 1.53. The lowest BCUT2D eigenvalue weighted by molar-refractivity contribution is 0.0209. The second-order valence-electron chi connectivity index (χ2n) is 9.64. The molecule has 176 valence electrons. The average molecular weight is 647 g/mol. The number of rotatable bonds is 3. The number of fused-ring (bicyclic) bond motifs is 4. The van der Waals surface area contributed by atoms with Gasteiger partial charge < -0.3 is 14.2 Å². The van der Waals surface area contributed by atoms with E-state index in [1.807, 2.05) is 38.0 Å². The molecule has 2 saturated heterocycles. The van der Waals surface area contributed by atoms with Gasteiger partial charge in [-0.1, -0.05) is 6.92 Å². The lowest BCUT2D eigenvalue weighted by Crippen LogP contribution is -2.44. The average Bonchev–Trinajstić information content (AvgIpc) is 3.43. The summed E-state index contributed by atoms with van der Waals surface area (Å²) in [5.74, 6) is 0.913. The Kier molecular flexibility index (Phi) is 5.88. The molecule has 3 aliphatic rings. The van der Waals surface area contributed by atoms with E-state index in [0.717, 1.165) is 38.7 Å². The number of thioether (sulfide) groups is 1. The molecule has 2 aromatic heterocycles. The smallest absolute Gasteiger partial charge is 0.410 e. The van der Waals surface area contributed by atoms with Crippen molar-refractivity contribution in [2.75, 3.05) is 12.8 Å².